The number of nitro groups is 1. The Hall–Kier alpha value is -1.92. The highest BCUT2D eigenvalue weighted by molar-refractivity contribution is 5.79. The molecule has 0 bridgehead atoms. The van der Waals surface area contributed by atoms with Crippen molar-refractivity contribution in [2.75, 3.05) is 6.54 Å². The van der Waals surface area contributed by atoms with E-state index in [1.165, 1.54) is 101 Å². The molecule has 1 atom stereocenters. The first-order valence-corrected chi connectivity index (χ1v) is 12.9. The maximum Gasteiger partial charge on any atom is 0.309 e. The Balaban J connectivity index is 1.93. The van der Waals surface area contributed by atoms with Gasteiger partial charge < -0.3 is 5.32 Å². The van der Waals surface area contributed by atoms with Gasteiger partial charge >= 0.3 is 5.69 Å². The van der Waals surface area contributed by atoms with E-state index in [0.717, 1.165) is 12.8 Å². The molecule has 0 aliphatic rings. The molecule has 0 saturated heterocycles. The van der Waals surface area contributed by atoms with Crippen molar-refractivity contribution < 1.29 is 9.72 Å². The summed E-state index contributed by atoms with van der Waals surface area (Å²) < 4.78 is 1.37. The van der Waals surface area contributed by atoms with Crippen molar-refractivity contribution in [2.24, 2.45) is 0 Å². The third-order valence-electron chi connectivity index (χ3n) is 6.19. The zero-order valence-corrected chi connectivity index (χ0v) is 20.7. The van der Waals surface area contributed by atoms with Gasteiger partial charge in [0.05, 0.1) is 4.92 Å². The van der Waals surface area contributed by atoms with E-state index in [1.54, 1.807) is 13.8 Å². The first-order valence-electron chi connectivity index (χ1n) is 12.9. The highest BCUT2D eigenvalue weighted by atomic mass is 16.6. The maximum absolute atomic E-state index is 12.3. The fourth-order valence-corrected chi connectivity index (χ4v) is 4.00. The quantitative estimate of drug-likeness (QED) is 0.131. The molecule has 0 aliphatic carbocycles. The fourth-order valence-electron chi connectivity index (χ4n) is 4.00. The van der Waals surface area contributed by atoms with Gasteiger partial charge in [0.2, 0.25) is 5.91 Å². The smallest absolute Gasteiger partial charge is 0.309 e. The average Bonchev–Trinajstić information content (AvgIpc) is 3.17. The molecule has 1 aromatic heterocycles. The van der Waals surface area contributed by atoms with Gasteiger partial charge in [0.15, 0.2) is 0 Å². The van der Waals surface area contributed by atoms with Gasteiger partial charge in [-0.25, -0.2) is 0 Å². The Kier molecular flexibility index (Phi) is 15.5. The summed E-state index contributed by atoms with van der Waals surface area (Å²) in [5, 5.41) is 17.9. The van der Waals surface area contributed by atoms with Crippen molar-refractivity contribution in [1.82, 2.24) is 15.1 Å². The summed E-state index contributed by atoms with van der Waals surface area (Å²) in [6, 6.07) is -0.552. The van der Waals surface area contributed by atoms with Gasteiger partial charge in [-0.2, -0.15) is 5.10 Å². The lowest BCUT2D eigenvalue weighted by atomic mass is 10.0. The highest BCUT2D eigenvalue weighted by Gasteiger charge is 2.21. The molecule has 1 rings (SSSR count). The van der Waals surface area contributed by atoms with Crippen LogP contribution in [0, 0.1) is 17.0 Å². The molecular formula is C25H46N4O3. The number of carbonyl (C=O) groups is 1. The second kappa shape index (κ2) is 17.6. The number of carbonyl (C=O) groups excluding carboxylic acids is 1. The zero-order valence-electron chi connectivity index (χ0n) is 20.7. The number of aromatic nitrogens is 2. The first kappa shape index (κ1) is 28.1. The zero-order chi connectivity index (χ0) is 23.6. The molecular weight excluding hydrogens is 404 g/mol. The van der Waals surface area contributed by atoms with E-state index < -0.39 is 11.0 Å². The molecule has 1 heterocycles. The molecule has 0 aliphatic heterocycles. The molecule has 184 valence electrons. The lowest BCUT2D eigenvalue weighted by Gasteiger charge is -2.12. The summed E-state index contributed by atoms with van der Waals surface area (Å²) in [6.45, 7) is 6.20. The van der Waals surface area contributed by atoms with Crippen LogP contribution in [0.5, 0.6) is 0 Å². The second-order valence-corrected chi connectivity index (χ2v) is 9.11. The van der Waals surface area contributed by atoms with E-state index in [2.05, 4.69) is 17.3 Å². The minimum absolute atomic E-state index is 0.0533. The number of hydrogen-bond donors (Lipinski definition) is 1. The average molecular weight is 451 g/mol. The summed E-state index contributed by atoms with van der Waals surface area (Å²) in [5.41, 5.74) is 0.273. The molecule has 0 saturated carbocycles. The lowest BCUT2D eigenvalue weighted by Crippen LogP contribution is -2.32. The summed E-state index contributed by atoms with van der Waals surface area (Å²) in [5.74, 6) is -0.150. The van der Waals surface area contributed by atoms with Crippen molar-refractivity contribution in [3.05, 3.63) is 22.0 Å². The van der Waals surface area contributed by atoms with Crippen molar-refractivity contribution in [2.45, 2.75) is 130 Å². The molecule has 7 heteroatoms. The van der Waals surface area contributed by atoms with Gasteiger partial charge in [-0.05, 0) is 20.3 Å². The summed E-state index contributed by atoms with van der Waals surface area (Å²) in [4.78, 5) is 22.7. The van der Waals surface area contributed by atoms with Crippen LogP contribution < -0.4 is 5.32 Å². The summed E-state index contributed by atoms with van der Waals surface area (Å²) >= 11 is 0. The number of unbranched alkanes of at least 4 members (excludes halogenated alkanes) is 15. The van der Waals surface area contributed by atoms with Gasteiger partial charge in [-0.3, -0.25) is 19.6 Å². The van der Waals surface area contributed by atoms with E-state index >= 15 is 0 Å². The Labute approximate surface area is 194 Å². The van der Waals surface area contributed by atoms with Crippen molar-refractivity contribution in [3.63, 3.8) is 0 Å². The van der Waals surface area contributed by atoms with Crippen LogP contribution in [-0.2, 0) is 4.79 Å². The molecule has 0 fully saturated rings. The van der Waals surface area contributed by atoms with E-state index in [1.807, 2.05) is 0 Å². The van der Waals surface area contributed by atoms with Crippen LogP contribution in [0.3, 0.4) is 0 Å². The molecule has 7 nitrogen and oxygen atoms in total. The van der Waals surface area contributed by atoms with Crippen LogP contribution in [0.1, 0.15) is 128 Å². The number of nitrogens with zero attached hydrogens (tertiary/aromatic N) is 3. The Morgan fingerprint density at radius 3 is 1.78 bits per heavy atom. The van der Waals surface area contributed by atoms with Crippen molar-refractivity contribution >= 4 is 11.6 Å². The highest BCUT2D eigenvalue weighted by Crippen LogP contribution is 2.18. The SMILES string of the molecule is CCCCCCCCCCCCCCCCCCNC(=O)C(C)n1cc([N+](=O)[O-])c(C)n1. The monoisotopic (exact) mass is 450 g/mol. The van der Waals surface area contributed by atoms with Crippen LogP contribution in [-0.4, -0.2) is 27.2 Å². The van der Waals surface area contributed by atoms with Crippen molar-refractivity contribution in [3.8, 4) is 0 Å². The maximum atomic E-state index is 12.3. The molecule has 0 aromatic carbocycles. The summed E-state index contributed by atoms with van der Waals surface area (Å²) in [6.07, 6.45) is 22.5. The van der Waals surface area contributed by atoms with E-state index in [0.29, 0.717) is 12.2 Å². The van der Waals surface area contributed by atoms with E-state index in [-0.39, 0.29) is 11.6 Å². The van der Waals surface area contributed by atoms with E-state index in [4.69, 9.17) is 0 Å². The standard InChI is InChI=1S/C25H46N4O3/c1-4-5-6-7-8-9-10-11-12-13-14-15-16-17-18-19-20-26-25(30)23(3)28-21-24(29(31)32)22(2)27-28/h21,23H,4-20H2,1-3H3,(H,26,30). The number of aryl methyl sites for hydroxylation is 1. The largest absolute Gasteiger partial charge is 0.354 e. The van der Waals surface area contributed by atoms with Crippen LogP contribution in [0.15, 0.2) is 6.20 Å². The van der Waals surface area contributed by atoms with Gasteiger partial charge in [0.25, 0.3) is 0 Å². The number of nitrogens with one attached hydrogen (secondary N) is 1. The predicted molar refractivity (Wildman–Crippen MR) is 131 cm³/mol. The van der Waals surface area contributed by atoms with Gasteiger partial charge in [-0.1, -0.05) is 103 Å². The van der Waals surface area contributed by atoms with Gasteiger partial charge in [-0.15, -0.1) is 0 Å². The molecule has 1 N–H and O–H groups in total. The van der Waals surface area contributed by atoms with Crippen molar-refractivity contribution in [1.29, 1.82) is 0 Å². The second-order valence-electron chi connectivity index (χ2n) is 9.11. The molecule has 1 unspecified atom stereocenters. The number of amides is 1. The van der Waals surface area contributed by atoms with E-state index in [9.17, 15) is 14.9 Å². The molecule has 1 amide bonds. The summed E-state index contributed by atoms with van der Waals surface area (Å²) in [7, 11) is 0. The lowest BCUT2D eigenvalue weighted by molar-refractivity contribution is -0.385. The minimum atomic E-state index is -0.552. The predicted octanol–water partition coefficient (Wildman–Crippen LogP) is 7.04. The minimum Gasteiger partial charge on any atom is -0.354 e. The van der Waals surface area contributed by atoms with Crippen LogP contribution in [0.2, 0.25) is 0 Å². The van der Waals surface area contributed by atoms with Crippen LogP contribution >= 0.6 is 0 Å². The molecule has 0 spiro atoms. The van der Waals surface area contributed by atoms with Crippen LogP contribution in [0.25, 0.3) is 0 Å². The topological polar surface area (TPSA) is 90.1 Å². The number of rotatable bonds is 20. The third kappa shape index (κ3) is 12.2. The molecule has 1 aromatic rings. The van der Waals surface area contributed by atoms with Gasteiger partial charge in [0.1, 0.15) is 17.9 Å². The molecule has 0 radical (unpaired) electrons. The normalized spacial score (nSPS) is 12.1. The number of hydrogen-bond acceptors (Lipinski definition) is 4. The third-order valence-corrected chi connectivity index (χ3v) is 6.19. The van der Waals surface area contributed by atoms with Gasteiger partial charge in [0, 0.05) is 6.54 Å². The Morgan fingerprint density at radius 1 is 0.938 bits per heavy atom. The van der Waals surface area contributed by atoms with Crippen LogP contribution in [0.4, 0.5) is 5.69 Å². The fraction of sp³-hybridized carbons (Fsp3) is 0.840. The Morgan fingerprint density at radius 2 is 1.38 bits per heavy atom. The molecule has 32 heavy (non-hydrogen) atoms. The first-order chi connectivity index (χ1) is 15.5. The Bertz CT molecular complexity index is 645.